The Morgan fingerprint density at radius 3 is 2.53 bits per heavy atom. The first kappa shape index (κ1) is 18.7. The number of hydrogen-bond donors (Lipinski definition) is 4. The van der Waals surface area contributed by atoms with Crippen molar-refractivity contribution >= 4 is 0 Å². The number of aromatic nitrogens is 2. The van der Waals surface area contributed by atoms with Gasteiger partial charge in [-0.2, -0.15) is 0 Å². The zero-order valence-corrected chi connectivity index (χ0v) is 13.0. The molecule has 0 saturated carbocycles. The highest BCUT2D eigenvalue weighted by Gasteiger charge is 2.21. The van der Waals surface area contributed by atoms with E-state index < -0.39 is 18.3 Å². The molecule has 7 heteroatoms. The molecule has 3 atom stereocenters. The Morgan fingerprint density at radius 2 is 1.95 bits per heavy atom. The molecule has 19 heavy (non-hydrogen) atoms. The number of nitrogens with zero attached hydrogens (tertiary/aromatic N) is 2. The van der Waals surface area contributed by atoms with E-state index in [-0.39, 0.29) is 30.6 Å². The number of aryl methyl sites for hydroxylation is 1. The smallest absolute Gasteiger partial charge is 0.193 e. The van der Waals surface area contributed by atoms with Crippen molar-refractivity contribution in [2.75, 3.05) is 6.61 Å². The van der Waals surface area contributed by atoms with E-state index in [4.69, 9.17) is 10.2 Å². The van der Waals surface area contributed by atoms with Crippen molar-refractivity contribution in [3.05, 3.63) is 24.3 Å². The highest BCUT2D eigenvalue weighted by Crippen LogP contribution is 2.17. The molecule has 1 rings (SSSR count). The molecular formula is C12H21IN2O4. The SMILES string of the molecule is C[n+]1ccnc(C(O)C(O)CCCC(O)CO)c1.[I-]. The summed E-state index contributed by atoms with van der Waals surface area (Å²) in [4.78, 5) is 4.00. The van der Waals surface area contributed by atoms with Gasteiger partial charge in [0.2, 0.25) is 0 Å². The first-order valence-corrected chi connectivity index (χ1v) is 6.01. The van der Waals surface area contributed by atoms with E-state index in [9.17, 15) is 10.2 Å². The van der Waals surface area contributed by atoms with Crippen LogP contribution in [0.4, 0.5) is 0 Å². The molecule has 0 spiro atoms. The topological polar surface area (TPSA) is 97.7 Å². The van der Waals surface area contributed by atoms with Gasteiger partial charge in [-0.3, -0.25) is 0 Å². The van der Waals surface area contributed by atoms with Crippen molar-refractivity contribution in [2.45, 2.75) is 37.6 Å². The lowest BCUT2D eigenvalue weighted by Crippen LogP contribution is -3.00. The summed E-state index contributed by atoms with van der Waals surface area (Å²) in [6, 6.07) is 0. The van der Waals surface area contributed by atoms with Crippen molar-refractivity contribution < 1.29 is 49.0 Å². The van der Waals surface area contributed by atoms with Crippen LogP contribution in [0.5, 0.6) is 0 Å². The van der Waals surface area contributed by atoms with E-state index in [1.807, 2.05) is 7.05 Å². The molecule has 1 heterocycles. The van der Waals surface area contributed by atoms with Gasteiger partial charge in [-0.25, -0.2) is 9.55 Å². The number of aliphatic hydroxyl groups is 4. The summed E-state index contributed by atoms with van der Waals surface area (Å²) < 4.78 is 1.74. The molecule has 1 aromatic heterocycles. The van der Waals surface area contributed by atoms with E-state index >= 15 is 0 Å². The van der Waals surface area contributed by atoms with Gasteiger partial charge < -0.3 is 44.4 Å². The fraction of sp³-hybridized carbons (Fsp3) is 0.667. The van der Waals surface area contributed by atoms with Gasteiger partial charge in [0.25, 0.3) is 0 Å². The lowest BCUT2D eigenvalue weighted by Gasteiger charge is -2.16. The normalized spacial score (nSPS) is 15.4. The van der Waals surface area contributed by atoms with Crippen LogP contribution < -0.4 is 28.5 Å². The highest BCUT2D eigenvalue weighted by atomic mass is 127. The molecular weight excluding hydrogens is 363 g/mol. The zero-order valence-electron chi connectivity index (χ0n) is 10.9. The van der Waals surface area contributed by atoms with Crippen LogP contribution in [0.2, 0.25) is 0 Å². The monoisotopic (exact) mass is 384 g/mol. The van der Waals surface area contributed by atoms with E-state index in [1.165, 1.54) is 0 Å². The van der Waals surface area contributed by atoms with Crippen LogP contribution in [0.15, 0.2) is 18.6 Å². The molecule has 0 bridgehead atoms. The molecule has 0 aliphatic carbocycles. The van der Waals surface area contributed by atoms with Gasteiger partial charge >= 0.3 is 0 Å². The Balaban J connectivity index is 0.00000324. The highest BCUT2D eigenvalue weighted by molar-refractivity contribution is 4.98. The van der Waals surface area contributed by atoms with E-state index in [0.29, 0.717) is 25.0 Å². The summed E-state index contributed by atoms with van der Waals surface area (Å²) in [6.07, 6.45) is 3.49. The lowest BCUT2D eigenvalue weighted by molar-refractivity contribution is -0.672. The minimum absolute atomic E-state index is 0. The van der Waals surface area contributed by atoms with Crippen LogP contribution in [0.1, 0.15) is 31.1 Å². The fourth-order valence-electron chi connectivity index (χ4n) is 1.67. The first-order chi connectivity index (χ1) is 8.54. The molecule has 6 nitrogen and oxygen atoms in total. The summed E-state index contributed by atoms with van der Waals surface area (Å²) in [5.74, 6) is 0. The Kier molecular flexibility index (Phi) is 9.36. The van der Waals surface area contributed by atoms with E-state index in [1.54, 1.807) is 23.2 Å². The van der Waals surface area contributed by atoms with Crippen LogP contribution in [-0.2, 0) is 7.05 Å². The molecule has 0 amide bonds. The molecule has 0 saturated heterocycles. The van der Waals surface area contributed by atoms with E-state index in [0.717, 1.165) is 0 Å². The molecule has 0 radical (unpaired) electrons. The minimum atomic E-state index is -1.04. The zero-order chi connectivity index (χ0) is 13.5. The standard InChI is InChI=1S/C12H21N2O4.HI/c1-14-6-5-13-10(7-14)12(18)11(17)4-2-3-9(16)8-15;/h5-7,9,11-12,15-18H,2-4,8H2,1H3;1H/q+1;/p-1. The van der Waals surface area contributed by atoms with Gasteiger partial charge in [-0.05, 0) is 19.3 Å². The summed E-state index contributed by atoms with van der Waals surface area (Å²) >= 11 is 0. The number of rotatable bonds is 7. The third-order valence-corrected chi connectivity index (χ3v) is 2.78. The lowest BCUT2D eigenvalue weighted by atomic mass is 10.0. The fourth-order valence-corrected chi connectivity index (χ4v) is 1.67. The minimum Gasteiger partial charge on any atom is -1.00 e. The maximum absolute atomic E-state index is 9.90. The third kappa shape index (κ3) is 6.57. The van der Waals surface area contributed by atoms with Crippen LogP contribution >= 0.6 is 0 Å². The Hall–Kier alpha value is -0.350. The molecule has 4 N–H and O–H groups in total. The van der Waals surface area contributed by atoms with Gasteiger partial charge in [-0.1, -0.05) is 0 Å². The number of halogens is 1. The molecule has 0 aliphatic heterocycles. The van der Waals surface area contributed by atoms with Crippen LogP contribution in [-0.4, -0.2) is 44.2 Å². The average Bonchev–Trinajstić information content (AvgIpc) is 2.37. The predicted molar refractivity (Wildman–Crippen MR) is 63.3 cm³/mol. The third-order valence-electron chi connectivity index (χ3n) is 2.78. The molecule has 0 fully saturated rings. The van der Waals surface area contributed by atoms with Crippen molar-refractivity contribution in [1.82, 2.24) is 4.98 Å². The first-order valence-electron chi connectivity index (χ1n) is 6.01. The molecule has 110 valence electrons. The number of aliphatic hydroxyl groups excluding tert-OH is 4. The average molecular weight is 384 g/mol. The van der Waals surface area contributed by atoms with Crippen LogP contribution in [0, 0.1) is 0 Å². The Labute approximate surface area is 129 Å². The summed E-state index contributed by atoms with van der Waals surface area (Å²) in [7, 11) is 1.81. The molecule has 0 aliphatic rings. The van der Waals surface area contributed by atoms with Gasteiger partial charge in [0, 0.05) is 0 Å². The van der Waals surface area contributed by atoms with Gasteiger partial charge in [0.05, 0.1) is 25.0 Å². The molecule has 3 unspecified atom stereocenters. The summed E-state index contributed by atoms with van der Waals surface area (Å²) in [5.41, 5.74) is 0.412. The largest absolute Gasteiger partial charge is 1.00 e. The summed E-state index contributed by atoms with van der Waals surface area (Å²) in [5, 5.41) is 37.5. The van der Waals surface area contributed by atoms with Crippen molar-refractivity contribution in [3.8, 4) is 0 Å². The Morgan fingerprint density at radius 1 is 1.26 bits per heavy atom. The maximum Gasteiger partial charge on any atom is 0.193 e. The van der Waals surface area contributed by atoms with Crippen molar-refractivity contribution in [2.24, 2.45) is 7.05 Å². The molecule has 0 aromatic carbocycles. The quantitative estimate of drug-likeness (QED) is 0.283. The second-order valence-corrected chi connectivity index (χ2v) is 4.43. The van der Waals surface area contributed by atoms with Crippen LogP contribution in [0.25, 0.3) is 0 Å². The number of hydrogen-bond acceptors (Lipinski definition) is 5. The second kappa shape index (κ2) is 9.54. The van der Waals surface area contributed by atoms with Crippen molar-refractivity contribution in [1.29, 1.82) is 0 Å². The van der Waals surface area contributed by atoms with Gasteiger partial charge in [-0.15, -0.1) is 0 Å². The van der Waals surface area contributed by atoms with Gasteiger partial charge in [0.15, 0.2) is 12.4 Å². The molecule has 1 aromatic rings. The van der Waals surface area contributed by atoms with Gasteiger partial charge in [0.1, 0.15) is 18.8 Å². The van der Waals surface area contributed by atoms with Crippen molar-refractivity contribution in [3.63, 3.8) is 0 Å². The summed E-state index contributed by atoms with van der Waals surface area (Å²) in [6.45, 7) is -0.283. The Bertz CT molecular complexity index is 367. The second-order valence-electron chi connectivity index (χ2n) is 4.43. The van der Waals surface area contributed by atoms with Crippen LogP contribution in [0.3, 0.4) is 0 Å². The maximum atomic E-state index is 9.90. The van der Waals surface area contributed by atoms with E-state index in [2.05, 4.69) is 4.98 Å². The predicted octanol–water partition coefficient (Wildman–Crippen LogP) is -4.17.